The molecule has 1 aliphatic heterocycles. The molecule has 1 fully saturated rings. The Morgan fingerprint density at radius 2 is 2.11 bits per heavy atom. The van der Waals surface area contributed by atoms with Crippen molar-refractivity contribution in [3.63, 3.8) is 0 Å². The van der Waals surface area contributed by atoms with Gasteiger partial charge in [0.05, 0.1) is 24.9 Å². The van der Waals surface area contributed by atoms with Crippen molar-refractivity contribution < 1.29 is 9.47 Å². The molecule has 0 saturated carbocycles. The fourth-order valence-corrected chi connectivity index (χ4v) is 2.35. The van der Waals surface area contributed by atoms with Crippen molar-refractivity contribution >= 4 is 0 Å². The van der Waals surface area contributed by atoms with Crippen LogP contribution >= 0.6 is 0 Å². The van der Waals surface area contributed by atoms with E-state index in [4.69, 9.17) is 15.2 Å². The average molecular weight is 264 g/mol. The Morgan fingerprint density at radius 3 is 2.79 bits per heavy atom. The molecule has 0 spiro atoms. The first-order valence-corrected chi connectivity index (χ1v) is 6.89. The Morgan fingerprint density at radius 1 is 1.37 bits per heavy atom. The van der Waals surface area contributed by atoms with Gasteiger partial charge in [-0.25, -0.2) is 0 Å². The molecular formula is C15H24N2O2. The van der Waals surface area contributed by atoms with Gasteiger partial charge in [-0.15, -0.1) is 0 Å². The summed E-state index contributed by atoms with van der Waals surface area (Å²) < 4.78 is 11.6. The molecule has 2 rings (SSSR count). The van der Waals surface area contributed by atoms with Crippen LogP contribution in [0.5, 0.6) is 5.75 Å². The summed E-state index contributed by atoms with van der Waals surface area (Å²) in [6.07, 6.45) is 0.166. The Balaban J connectivity index is 2.15. The standard InChI is InChI=1S/C15H24N2O2/c1-11(2)19-13-7-5-4-6-12(13)15(16)14-10-17(3)8-9-18-14/h4-7,11,14-15H,8-10,16H2,1-3H3. The summed E-state index contributed by atoms with van der Waals surface area (Å²) in [6, 6.07) is 7.82. The molecule has 1 saturated heterocycles. The monoisotopic (exact) mass is 264 g/mol. The third kappa shape index (κ3) is 3.69. The fraction of sp³-hybridized carbons (Fsp3) is 0.600. The molecule has 1 aliphatic rings. The molecule has 0 amide bonds. The lowest BCUT2D eigenvalue weighted by Crippen LogP contribution is -2.45. The van der Waals surface area contributed by atoms with E-state index in [1.807, 2.05) is 38.1 Å². The van der Waals surface area contributed by atoms with Crippen LogP contribution in [0.15, 0.2) is 24.3 Å². The lowest BCUT2D eigenvalue weighted by Gasteiger charge is -2.34. The summed E-state index contributed by atoms with van der Waals surface area (Å²) in [6.45, 7) is 6.60. The van der Waals surface area contributed by atoms with Gasteiger partial charge in [-0.1, -0.05) is 18.2 Å². The molecule has 4 nitrogen and oxygen atoms in total. The quantitative estimate of drug-likeness (QED) is 0.901. The minimum absolute atomic E-state index is 0.0238. The van der Waals surface area contributed by atoms with Crippen LogP contribution in [0.25, 0.3) is 0 Å². The zero-order valence-corrected chi connectivity index (χ0v) is 12.0. The van der Waals surface area contributed by atoms with Gasteiger partial charge in [0, 0.05) is 18.7 Å². The zero-order chi connectivity index (χ0) is 13.8. The van der Waals surface area contributed by atoms with E-state index in [0.29, 0.717) is 0 Å². The number of morpholine rings is 1. The highest BCUT2D eigenvalue weighted by molar-refractivity contribution is 5.36. The number of benzene rings is 1. The van der Waals surface area contributed by atoms with Gasteiger partial charge < -0.3 is 20.1 Å². The Bertz CT molecular complexity index is 409. The van der Waals surface area contributed by atoms with Crippen LogP contribution in [0, 0.1) is 0 Å². The highest BCUT2D eigenvalue weighted by Gasteiger charge is 2.27. The van der Waals surface area contributed by atoms with E-state index in [2.05, 4.69) is 11.9 Å². The summed E-state index contributed by atoms with van der Waals surface area (Å²) in [4.78, 5) is 2.25. The molecule has 106 valence electrons. The van der Waals surface area contributed by atoms with Crippen molar-refractivity contribution in [3.8, 4) is 5.75 Å². The van der Waals surface area contributed by atoms with Crippen molar-refractivity contribution in [3.05, 3.63) is 29.8 Å². The molecule has 4 heteroatoms. The third-order valence-electron chi connectivity index (χ3n) is 3.34. The van der Waals surface area contributed by atoms with E-state index >= 15 is 0 Å². The topological polar surface area (TPSA) is 47.7 Å². The van der Waals surface area contributed by atoms with Gasteiger partial charge in [0.2, 0.25) is 0 Å². The molecule has 0 aliphatic carbocycles. The maximum absolute atomic E-state index is 6.38. The molecule has 2 N–H and O–H groups in total. The molecule has 19 heavy (non-hydrogen) atoms. The first-order valence-electron chi connectivity index (χ1n) is 6.89. The van der Waals surface area contributed by atoms with Crippen molar-refractivity contribution in [1.29, 1.82) is 0 Å². The molecule has 1 aromatic rings. The van der Waals surface area contributed by atoms with E-state index in [1.54, 1.807) is 0 Å². The average Bonchev–Trinajstić information content (AvgIpc) is 2.38. The molecule has 0 radical (unpaired) electrons. The van der Waals surface area contributed by atoms with Crippen LogP contribution in [0.1, 0.15) is 25.5 Å². The van der Waals surface area contributed by atoms with E-state index in [1.165, 1.54) is 0 Å². The number of para-hydroxylation sites is 1. The first kappa shape index (κ1) is 14.3. The van der Waals surface area contributed by atoms with E-state index in [0.717, 1.165) is 31.0 Å². The van der Waals surface area contributed by atoms with E-state index < -0.39 is 0 Å². The van der Waals surface area contributed by atoms with E-state index in [9.17, 15) is 0 Å². The Labute approximate surface area is 115 Å². The molecule has 0 bridgehead atoms. The second kappa shape index (κ2) is 6.37. The van der Waals surface area contributed by atoms with Crippen LogP contribution in [-0.4, -0.2) is 43.9 Å². The van der Waals surface area contributed by atoms with Crippen molar-refractivity contribution in [2.75, 3.05) is 26.7 Å². The van der Waals surface area contributed by atoms with Crippen LogP contribution in [0.4, 0.5) is 0 Å². The summed E-state index contributed by atoms with van der Waals surface area (Å²) in [5, 5.41) is 0. The molecule has 2 atom stereocenters. The number of rotatable bonds is 4. The summed E-state index contributed by atoms with van der Waals surface area (Å²) in [7, 11) is 2.10. The minimum atomic E-state index is -0.155. The van der Waals surface area contributed by atoms with Gasteiger partial charge in [0.1, 0.15) is 5.75 Å². The second-order valence-corrected chi connectivity index (χ2v) is 5.40. The molecule has 2 unspecified atom stereocenters. The number of likely N-dealkylation sites (N-methyl/N-ethyl adjacent to an activating group) is 1. The smallest absolute Gasteiger partial charge is 0.124 e. The second-order valence-electron chi connectivity index (χ2n) is 5.40. The van der Waals surface area contributed by atoms with Gasteiger partial charge in [-0.2, -0.15) is 0 Å². The lowest BCUT2D eigenvalue weighted by atomic mass is 10.00. The lowest BCUT2D eigenvalue weighted by molar-refractivity contribution is -0.0330. The SMILES string of the molecule is CC(C)Oc1ccccc1C(N)C1CN(C)CCO1. The van der Waals surface area contributed by atoms with Gasteiger partial charge in [0.15, 0.2) is 0 Å². The zero-order valence-electron chi connectivity index (χ0n) is 12.0. The highest BCUT2D eigenvalue weighted by atomic mass is 16.5. The van der Waals surface area contributed by atoms with Crippen LogP contribution in [0.2, 0.25) is 0 Å². The molecule has 1 aromatic carbocycles. The normalized spacial score (nSPS) is 22.5. The van der Waals surface area contributed by atoms with Gasteiger partial charge in [0.25, 0.3) is 0 Å². The van der Waals surface area contributed by atoms with Crippen molar-refractivity contribution in [2.45, 2.75) is 32.1 Å². The number of nitrogens with two attached hydrogens (primary N) is 1. The highest BCUT2D eigenvalue weighted by Crippen LogP contribution is 2.28. The fourth-order valence-electron chi connectivity index (χ4n) is 2.35. The predicted molar refractivity (Wildman–Crippen MR) is 76.4 cm³/mol. The third-order valence-corrected chi connectivity index (χ3v) is 3.34. The van der Waals surface area contributed by atoms with E-state index in [-0.39, 0.29) is 18.2 Å². The molecule has 1 heterocycles. The maximum atomic E-state index is 6.38. The Hall–Kier alpha value is -1.10. The predicted octanol–water partition coefficient (Wildman–Crippen LogP) is 1.80. The number of hydrogen-bond donors (Lipinski definition) is 1. The maximum Gasteiger partial charge on any atom is 0.124 e. The summed E-state index contributed by atoms with van der Waals surface area (Å²) in [5.74, 6) is 0.863. The van der Waals surface area contributed by atoms with Gasteiger partial charge in [-0.3, -0.25) is 0 Å². The van der Waals surface area contributed by atoms with Crippen LogP contribution < -0.4 is 10.5 Å². The van der Waals surface area contributed by atoms with Crippen LogP contribution in [-0.2, 0) is 4.74 Å². The van der Waals surface area contributed by atoms with Crippen molar-refractivity contribution in [1.82, 2.24) is 4.90 Å². The van der Waals surface area contributed by atoms with Gasteiger partial charge in [-0.05, 0) is 27.0 Å². The number of nitrogens with zero attached hydrogens (tertiary/aromatic N) is 1. The minimum Gasteiger partial charge on any atom is -0.491 e. The first-order chi connectivity index (χ1) is 9.08. The van der Waals surface area contributed by atoms with Crippen molar-refractivity contribution in [2.24, 2.45) is 5.73 Å². The number of hydrogen-bond acceptors (Lipinski definition) is 4. The summed E-state index contributed by atoms with van der Waals surface area (Å²) in [5.41, 5.74) is 7.40. The molecule has 0 aromatic heterocycles. The largest absolute Gasteiger partial charge is 0.491 e. The Kier molecular flexibility index (Phi) is 4.80. The van der Waals surface area contributed by atoms with Gasteiger partial charge >= 0.3 is 0 Å². The van der Waals surface area contributed by atoms with Crippen LogP contribution in [0.3, 0.4) is 0 Å². The summed E-state index contributed by atoms with van der Waals surface area (Å²) >= 11 is 0. The number of ether oxygens (including phenoxy) is 2. The molecular weight excluding hydrogens is 240 g/mol.